The molecule has 20 heavy (non-hydrogen) atoms. The Bertz CT molecular complexity index is 654. The summed E-state index contributed by atoms with van der Waals surface area (Å²) in [4.78, 5) is 14.2. The Hall–Kier alpha value is -1.89. The first-order valence-corrected chi connectivity index (χ1v) is 7.11. The summed E-state index contributed by atoms with van der Waals surface area (Å²) < 4.78 is 2.63. The maximum absolute atomic E-state index is 12.0. The second-order valence-corrected chi connectivity index (χ2v) is 5.64. The van der Waals surface area contributed by atoms with Crippen molar-refractivity contribution in [1.29, 1.82) is 0 Å². The Kier molecular flexibility index (Phi) is 3.43. The third kappa shape index (κ3) is 2.53. The van der Waals surface area contributed by atoms with Crippen LogP contribution in [0.2, 0.25) is 0 Å². The van der Waals surface area contributed by atoms with Crippen LogP contribution in [-0.4, -0.2) is 34.0 Å². The van der Waals surface area contributed by atoms with Gasteiger partial charge in [0.25, 0.3) is 5.91 Å². The van der Waals surface area contributed by atoms with E-state index in [-0.39, 0.29) is 5.91 Å². The van der Waals surface area contributed by atoms with Gasteiger partial charge in [-0.15, -0.1) is 5.10 Å². The summed E-state index contributed by atoms with van der Waals surface area (Å²) in [5.74, 6) is -0.0332. The van der Waals surface area contributed by atoms with Gasteiger partial charge in [0.05, 0.1) is 17.8 Å². The van der Waals surface area contributed by atoms with Crippen molar-refractivity contribution in [2.45, 2.75) is 6.54 Å². The van der Waals surface area contributed by atoms with Crippen LogP contribution < -0.4 is 10.2 Å². The van der Waals surface area contributed by atoms with E-state index < -0.39 is 0 Å². The van der Waals surface area contributed by atoms with Crippen molar-refractivity contribution in [3.63, 3.8) is 0 Å². The number of nitrogens with zero attached hydrogens (tertiary/aromatic N) is 4. The highest BCUT2D eigenvalue weighted by Crippen LogP contribution is 2.27. The van der Waals surface area contributed by atoms with Gasteiger partial charge in [0.15, 0.2) is 0 Å². The maximum Gasteiger partial charge on any atom is 0.253 e. The number of anilines is 1. The van der Waals surface area contributed by atoms with Gasteiger partial charge in [0, 0.05) is 30.8 Å². The molecule has 3 rings (SSSR count). The average molecular weight is 336 g/mol. The number of carbonyl (C=O) groups excluding carboxylic acids is 1. The molecular formula is C13H14BrN5O. The van der Waals surface area contributed by atoms with Gasteiger partial charge in [-0.25, -0.2) is 0 Å². The molecule has 0 atom stereocenters. The normalized spacial score (nSPS) is 14.7. The van der Waals surface area contributed by atoms with E-state index in [1.807, 2.05) is 31.4 Å². The van der Waals surface area contributed by atoms with Crippen molar-refractivity contribution in [2.75, 3.05) is 18.0 Å². The molecule has 7 heteroatoms. The van der Waals surface area contributed by atoms with Gasteiger partial charge in [-0.3, -0.25) is 9.48 Å². The third-order valence-electron chi connectivity index (χ3n) is 3.22. The molecule has 1 amide bonds. The van der Waals surface area contributed by atoms with Crippen LogP contribution in [0.1, 0.15) is 16.1 Å². The van der Waals surface area contributed by atoms with Crippen molar-refractivity contribution in [3.05, 3.63) is 40.1 Å². The van der Waals surface area contributed by atoms with Gasteiger partial charge in [0.2, 0.25) is 0 Å². The average Bonchev–Trinajstić information content (AvgIpc) is 2.76. The fraction of sp³-hybridized carbons (Fsp3) is 0.308. The Labute approximate surface area is 124 Å². The first kappa shape index (κ1) is 13.1. The minimum Gasteiger partial charge on any atom is -0.363 e. The Morgan fingerprint density at radius 1 is 1.45 bits per heavy atom. The minimum atomic E-state index is -0.0332. The standard InChI is InChI=1S/C13H14BrN5O/c1-18-7-10(16-17-18)8-19-5-4-15-13(20)11-3-2-9(14)6-12(11)19/h2-3,6-7H,4-5,8H2,1H3,(H,15,20). The molecule has 1 aromatic carbocycles. The quantitative estimate of drug-likeness (QED) is 0.899. The van der Waals surface area contributed by atoms with Crippen LogP contribution in [0.25, 0.3) is 0 Å². The molecule has 0 aliphatic carbocycles. The Balaban J connectivity index is 1.97. The monoisotopic (exact) mass is 335 g/mol. The molecule has 1 N–H and O–H groups in total. The fourth-order valence-corrected chi connectivity index (χ4v) is 2.66. The lowest BCUT2D eigenvalue weighted by Gasteiger charge is -2.23. The van der Waals surface area contributed by atoms with Gasteiger partial charge in [-0.1, -0.05) is 21.1 Å². The number of nitrogens with one attached hydrogen (secondary N) is 1. The Morgan fingerprint density at radius 3 is 3.05 bits per heavy atom. The molecule has 1 aromatic heterocycles. The van der Waals surface area contributed by atoms with Crippen molar-refractivity contribution < 1.29 is 4.79 Å². The highest BCUT2D eigenvalue weighted by Gasteiger charge is 2.21. The van der Waals surface area contributed by atoms with Crippen LogP contribution >= 0.6 is 15.9 Å². The number of amides is 1. The zero-order valence-electron chi connectivity index (χ0n) is 11.0. The molecule has 2 aromatic rings. The molecule has 0 saturated carbocycles. The second-order valence-electron chi connectivity index (χ2n) is 4.72. The molecule has 1 aliphatic heterocycles. The maximum atomic E-state index is 12.0. The molecule has 6 nitrogen and oxygen atoms in total. The van der Waals surface area contributed by atoms with Gasteiger partial charge in [0.1, 0.15) is 5.69 Å². The van der Waals surface area contributed by atoms with Gasteiger partial charge in [-0.2, -0.15) is 0 Å². The van der Waals surface area contributed by atoms with Crippen LogP contribution in [0, 0.1) is 0 Å². The predicted molar refractivity (Wildman–Crippen MR) is 78.5 cm³/mol. The van der Waals surface area contributed by atoms with E-state index in [1.54, 1.807) is 4.68 Å². The summed E-state index contributed by atoms with van der Waals surface area (Å²) in [5, 5.41) is 11.0. The molecule has 0 radical (unpaired) electrons. The number of aromatic nitrogens is 3. The van der Waals surface area contributed by atoms with Crippen molar-refractivity contribution >= 4 is 27.5 Å². The number of halogens is 1. The minimum absolute atomic E-state index is 0.0332. The summed E-state index contributed by atoms with van der Waals surface area (Å²) in [5.41, 5.74) is 2.49. The van der Waals surface area contributed by atoms with Gasteiger partial charge >= 0.3 is 0 Å². The summed E-state index contributed by atoms with van der Waals surface area (Å²) in [6.07, 6.45) is 1.89. The second kappa shape index (κ2) is 5.24. The predicted octanol–water partition coefficient (Wildman–Crippen LogP) is 1.33. The third-order valence-corrected chi connectivity index (χ3v) is 3.71. The van der Waals surface area contributed by atoms with Crippen LogP contribution in [0.4, 0.5) is 5.69 Å². The highest BCUT2D eigenvalue weighted by atomic mass is 79.9. The lowest BCUT2D eigenvalue weighted by Crippen LogP contribution is -2.29. The molecule has 0 spiro atoms. The van der Waals surface area contributed by atoms with Crippen LogP contribution in [0.5, 0.6) is 0 Å². The fourth-order valence-electron chi connectivity index (χ4n) is 2.31. The number of fused-ring (bicyclic) bond motifs is 1. The number of benzene rings is 1. The first-order valence-electron chi connectivity index (χ1n) is 6.31. The number of aryl methyl sites for hydroxylation is 1. The lowest BCUT2D eigenvalue weighted by molar-refractivity contribution is 0.0958. The SMILES string of the molecule is Cn1cc(CN2CCNC(=O)c3ccc(Br)cc32)nn1. The number of hydrogen-bond acceptors (Lipinski definition) is 4. The molecular weight excluding hydrogens is 322 g/mol. The zero-order chi connectivity index (χ0) is 14.1. The summed E-state index contributed by atoms with van der Waals surface area (Å²) in [6.45, 7) is 1.99. The van der Waals surface area contributed by atoms with Gasteiger partial charge < -0.3 is 10.2 Å². The summed E-state index contributed by atoms with van der Waals surface area (Å²) >= 11 is 3.46. The van der Waals surface area contributed by atoms with E-state index >= 15 is 0 Å². The van der Waals surface area contributed by atoms with E-state index in [9.17, 15) is 4.79 Å². The number of hydrogen-bond donors (Lipinski definition) is 1. The summed E-state index contributed by atoms with van der Waals surface area (Å²) in [7, 11) is 1.84. The topological polar surface area (TPSA) is 63.0 Å². The first-order chi connectivity index (χ1) is 9.63. The van der Waals surface area contributed by atoms with Crippen LogP contribution in [-0.2, 0) is 13.6 Å². The number of carbonyl (C=O) groups is 1. The lowest BCUT2D eigenvalue weighted by atomic mass is 10.1. The van der Waals surface area contributed by atoms with Crippen molar-refractivity contribution in [3.8, 4) is 0 Å². The molecule has 104 valence electrons. The number of rotatable bonds is 2. The van der Waals surface area contributed by atoms with Crippen molar-refractivity contribution in [1.82, 2.24) is 20.3 Å². The zero-order valence-corrected chi connectivity index (χ0v) is 12.6. The van der Waals surface area contributed by atoms with E-state index in [2.05, 4.69) is 36.5 Å². The Morgan fingerprint density at radius 2 is 2.30 bits per heavy atom. The van der Waals surface area contributed by atoms with E-state index in [0.717, 1.165) is 22.4 Å². The molecule has 0 unspecified atom stereocenters. The molecule has 0 bridgehead atoms. The largest absolute Gasteiger partial charge is 0.363 e. The molecule has 1 aliphatic rings. The van der Waals surface area contributed by atoms with E-state index in [1.165, 1.54) is 0 Å². The van der Waals surface area contributed by atoms with Crippen LogP contribution in [0.3, 0.4) is 0 Å². The smallest absolute Gasteiger partial charge is 0.253 e. The van der Waals surface area contributed by atoms with Crippen molar-refractivity contribution in [2.24, 2.45) is 7.05 Å². The molecule has 0 fully saturated rings. The van der Waals surface area contributed by atoms with Crippen LogP contribution in [0.15, 0.2) is 28.9 Å². The molecule has 0 saturated heterocycles. The van der Waals surface area contributed by atoms with E-state index in [4.69, 9.17) is 0 Å². The summed E-state index contributed by atoms with van der Waals surface area (Å²) in [6, 6.07) is 5.69. The molecule has 2 heterocycles. The van der Waals surface area contributed by atoms with E-state index in [0.29, 0.717) is 18.7 Å². The highest BCUT2D eigenvalue weighted by molar-refractivity contribution is 9.10. The van der Waals surface area contributed by atoms with Gasteiger partial charge in [-0.05, 0) is 18.2 Å².